The van der Waals surface area contributed by atoms with Crippen molar-refractivity contribution in [1.29, 1.82) is 0 Å². The van der Waals surface area contributed by atoms with Crippen molar-refractivity contribution in [2.24, 2.45) is 0 Å². The molecule has 0 bridgehead atoms. The summed E-state index contributed by atoms with van der Waals surface area (Å²) >= 11 is 3.53. The van der Waals surface area contributed by atoms with Gasteiger partial charge in [0.25, 0.3) is 0 Å². The SMILES string of the molecule is CCN(c1ccc(Br)cc1CNC)C(C)C. The first-order valence-corrected chi connectivity index (χ1v) is 6.59. The molecule has 1 aromatic carbocycles. The smallest absolute Gasteiger partial charge is 0.0414 e. The molecule has 0 saturated heterocycles. The van der Waals surface area contributed by atoms with E-state index in [-0.39, 0.29) is 0 Å². The van der Waals surface area contributed by atoms with Crippen molar-refractivity contribution in [2.45, 2.75) is 33.4 Å². The fourth-order valence-corrected chi connectivity index (χ4v) is 2.39. The highest BCUT2D eigenvalue weighted by Crippen LogP contribution is 2.26. The number of benzene rings is 1. The zero-order valence-corrected chi connectivity index (χ0v) is 12.1. The van der Waals surface area contributed by atoms with Crippen LogP contribution in [0.4, 0.5) is 5.69 Å². The molecule has 1 rings (SSSR count). The van der Waals surface area contributed by atoms with Gasteiger partial charge >= 0.3 is 0 Å². The van der Waals surface area contributed by atoms with Crippen LogP contribution in [0, 0.1) is 0 Å². The largest absolute Gasteiger partial charge is 0.369 e. The average molecular weight is 285 g/mol. The van der Waals surface area contributed by atoms with Crippen LogP contribution in [0.5, 0.6) is 0 Å². The van der Waals surface area contributed by atoms with Crippen LogP contribution in [0.25, 0.3) is 0 Å². The predicted molar refractivity (Wildman–Crippen MR) is 75.1 cm³/mol. The minimum atomic E-state index is 0.529. The van der Waals surface area contributed by atoms with E-state index in [0.717, 1.165) is 17.6 Å². The van der Waals surface area contributed by atoms with Crippen LogP contribution in [0.15, 0.2) is 22.7 Å². The summed E-state index contributed by atoms with van der Waals surface area (Å²) in [6, 6.07) is 7.03. The molecule has 1 aromatic rings. The summed E-state index contributed by atoms with van der Waals surface area (Å²) < 4.78 is 1.14. The van der Waals surface area contributed by atoms with Crippen molar-refractivity contribution in [3.8, 4) is 0 Å². The highest BCUT2D eigenvalue weighted by atomic mass is 79.9. The number of rotatable bonds is 5. The minimum absolute atomic E-state index is 0.529. The Morgan fingerprint density at radius 3 is 2.56 bits per heavy atom. The normalized spacial score (nSPS) is 10.9. The maximum Gasteiger partial charge on any atom is 0.0414 e. The molecule has 16 heavy (non-hydrogen) atoms. The van der Waals surface area contributed by atoms with Gasteiger partial charge in [0.1, 0.15) is 0 Å². The number of hydrogen-bond donors (Lipinski definition) is 1. The van der Waals surface area contributed by atoms with E-state index < -0.39 is 0 Å². The zero-order chi connectivity index (χ0) is 12.1. The van der Waals surface area contributed by atoms with Gasteiger partial charge in [0.15, 0.2) is 0 Å². The van der Waals surface area contributed by atoms with E-state index in [1.54, 1.807) is 0 Å². The first-order chi connectivity index (χ1) is 7.60. The van der Waals surface area contributed by atoms with Crippen LogP contribution in [-0.4, -0.2) is 19.6 Å². The van der Waals surface area contributed by atoms with Gasteiger partial charge in [-0.25, -0.2) is 0 Å². The van der Waals surface area contributed by atoms with Gasteiger partial charge in [0.2, 0.25) is 0 Å². The molecule has 1 N–H and O–H groups in total. The molecular formula is C13H21BrN2. The molecule has 0 heterocycles. The Morgan fingerprint density at radius 1 is 1.38 bits per heavy atom. The summed E-state index contributed by atoms with van der Waals surface area (Å²) in [5, 5.41) is 3.22. The first kappa shape index (κ1) is 13.5. The summed E-state index contributed by atoms with van der Waals surface area (Å²) in [7, 11) is 1.98. The monoisotopic (exact) mass is 284 g/mol. The Bertz CT molecular complexity index is 337. The molecule has 0 unspecified atom stereocenters. The lowest BCUT2D eigenvalue weighted by molar-refractivity contribution is 0.694. The standard InChI is InChI=1S/C13H21BrN2/c1-5-16(10(2)3)13-7-6-12(14)8-11(13)9-15-4/h6-8,10,15H,5,9H2,1-4H3. The van der Waals surface area contributed by atoms with E-state index in [0.29, 0.717) is 6.04 Å². The fraction of sp³-hybridized carbons (Fsp3) is 0.538. The molecule has 2 nitrogen and oxygen atoms in total. The van der Waals surface area contributed by atoms with Gasteiger partial charge in [-0.05, 0) is 51.6 Å². The van der Waals surface area contributed by atoms with E-state index in [1.807, 2.05) is 7.05 Å². The van der Waals surface area contributed by atoms with Gasteiger partial charge in [-0.2, -0.15) is 0 Å². The molecule has 0 fully saturated rings. The van der Waals surface area contributed by atoms with E-state index >= 15 is 0 Å². The van der Waals surface area contributed by atoms with Crippen molar-refractivity contribution >= 4 is 21.6 Å². The van der Waals surface area contributed by atoms with E-state index in [9.17, 15) is 0 Å². The molecule has 0 amide bonds. The van der Waals surface area contributed by atoms with Gasteiger partial charge < -0.3 is 10.2 Å². The van der Waals surface area contributed by atoms with Crippen molar-refractivity contribution in [3.63, 3.8) is 0 Å². The van der Waals surface area contributed by atoms with Crippen molar-refractivity contribution in [2.75, 3.05) is 18.5 Å². The number of hydrogen-bond acceptors (Lipinski definition) is 2. The second kappa shape index (κ2) is 6.26. The van der Waals surface area contributed by atoms with Gasteiger partial charge in [-0.1, -0.05) is 15.9 Å². The van der Waals surface area contributed by atoms with Crippen LogP contribution in [0.3, 0.4) is 0 Å². The maximum atomic E-state index is 3.53. The zero-order valence-electron chi connectivity index (χ0n) is 10.5. The van der Waals surface area contributed by atoms with E-state index in [1.165, 1.54) is 11.3 Å². The van der Waals surface area contributed by atoms with Crippen molar-refractivity contribution in [3.05, 3.63) is 28.2 Å². The first-order valence-electron chi connectivity index (χ1n) is 5.79. The Labute approximate surface area is 107 Å². The van der Waals surface area contributed by atoms with Crippen LogP contribution < -0.4 is 10.2 Å². The lowest BCUT2D eigenvalue weighted by Gasteiger charge is -2.29. The Hall–Kier alpha value is -0.540. The van der Waals surface area contributed by atoms with Crippen LogP contribution in [0.2, 0.25) is 0 Å². The molecule has 0 radical (unpaired) electrons. The topological polar surface area (TPSA) is 15.3 Å². The lowest BCUT2D eigenvalue weighted by Crippen LogP contribution is -2.31. The van der Waals surface area contributed by atoms with Gasteiger partial charge in [-0.3, -0.25) is 0 Å². The maximum absolute atomic E-state index is 3.53. The third kappa shape index (κ3) is 3.22. The molecule has 0 aliphatic rings. The molecule has 3 heteroatoms. The molecule has 0 aliphatic carbocycles. The van der Waals surface area contributed by atoms with E-state index in [4.69, 9.17) is 0 Å². The van der Waals surface area contributed by atoms with Gasteiger partial charge in [0.05, 0.1) is 0 Å². The highest BCUT2D eigenvalue weighted by molar-refractivity contribution is 9.10. The lowest BCUT2D eigenvalue weighted by atomic mass is 10.1. The Kier molecular flexibility index (Phi) is 5.29. The highest BCUT2D eigenvalue weighted by Gasteiger charge is 2.12. The van der Waals surface area contributed by atoms with Crippen molar-refractivity contribution in [1.82, 2.24) is 5.32 Å². The molecule has 0 aromatic heterocycles. The van der Waals surface area contributed by atoms with Gasteiger partial charge in [-0.15, -0.1) is 0 Å². The summed E-state index contributed by atoms with van der Waals surface area (Å²) in [4.78, 5) is 2.42. The van der Waals surface area contributed by atoms with Crippen LogP contribution >= 0.6 is 15.9 Å². The second-order valence-electron chi connectivity index (χ2n) is 4.18. The molecule has 90 valence electrons. The third-order valence-electron chi connectivity index (χ3n) is 2.68. The quantitative estimate of drug-likeness (QED) is 0.892. The van der Waals surface area contributed by atoms with Crippen LogP contribution in [0.1, 0.15) is 26.3 Å². The molecule has 0 aliphatic heterocycles. The number of halogens is 1. The average Bonchev–Trinajstić information content (AvgIpc) is 2.22. The summed E-state index contributed by atoms with van der Waals surface area (Å²) in [6.07, 6.45) is 0. The van der Waals surface area contributed by atoms with Crippen molar-refractivity contribution < 1.29 is 0 Å². The Balaban J connectivity index is 3.09. The number of anilines is 1. The predicted octanol–water partition coefficient (Wildman–Crippen LogP) is 3.40. The minimum Gasteiger partial charge on any atom is -0.369 e. The van der Waals surface area contributed by atoms with Gasteiger partial charge in [0, 0.05) is 29.3 Å². The second-order valence-corrected chi connectivity index (χ2v) is 5.10. The fourth-order valence-electron chi connectivity index (χ4n) is 1.98. The Morgan fingerprint density at radius 2 is 2.06 bits per heavy atom. The number of nitrogens with zero attached hydrogens (tertiary/aromatic N) is 1. The number of nitrogens with one attached hydrogen (secondary N) is 1. The molecule has 0 atom stereocenters. The summed E-state index contributed by atoms with van der Waals surface area (Å²) in [5.41, 5.74) is 2.67. The molecular weight excluding hydrogens is 264 g/mol. The summed E-state index contributed by atoms with van der Waals surface area (Å²) in [5.74, 6) is 0. The third-order valence-corrected chi connectivity index (χ3v) is 3.18. The van der Waals surface area contributed by atoms with E-state index in [2.05, 4.69) is 65.1 Å². The summed E-state index contributed by atoms with van der Waals surface area (Å²) in [6.45, 7) is 8.60. The van der Waals surface area contributed by atoms with Crippen LogP contribution in [-0.2, 0) is 6.54 Å². The molecule has 0 spiro atoms. The molecule has 0 saturated carbocycles.